The molecule has 0 atom stereocenters. The molecule has 0 radical (unpaired) electrons. The SMILES string of the molecule is CCCCN1CCc2[nH]c(=O)n3cc(-c4ccccc4F)nc3c2C1. The van der Waals surface area contributed by atoms with E-state index in [0.29, 0.717) is 16.9 Å². The summed E-state index contributed by atoms with van der Waals surface area (Å²) in [5, 5.41) is 0. The third-order valence-electron chi connectivity index (χ3n) is 4.85. The number of H-pyrrole nitrogens is 1. The molecule has 0 amide bonds. The maximum Gasteiger partial charge on any atom is 0.331 e. The van der Waals surface area contributed by atoms with Crippen molar-refractivity contribution in [1.82, 2.24) is 19.3 Å². The lowest BCUT2D eigenvalue weighted by Crippen LogP contribution is -2.34. The van der Waals surface area contributed by atoms with E-state index in [2.05, 4.69) is 21.8 Å². The Morgan fingerprint density at radius 2 is 2.16 bits per heavy atom. The maximum absolute atomic E-state index is 14.1. The van der Waals surface area contributed by atoms with Crippen molar-refractivity contribution in [3.8, 4) is 11.3 Å². The molecule has 4 rings (SSSR count). The summed E-state index contributed by atoms with van der Waals surface area (Å²) < 4.78 is 15.6. The van der Waals surface area contributed by atoms with Crippen LogP contribution in [-0.2, 0) is 13.0 Å². The molecule has 3 heterocycles. The molecule has 0 bridgehead atoms. The van der Waals surface area contributed by atoms with Gasteiger partial charge in [-0.25, -0.2) is 14.2 Å². The summed E-state index contributed by atoms with van der Waals surface area (Å²) in [6, 6.07) is 6.51. The highest BCUT2D eigenvalue weighted by atomic mass is 19.1. The molecule has 130 valence electrons. The molecular weight excluding hydrogens is 319 g/mol. The summed E-state index contributed by atoms with van der Waals surface area (Å²) in [4.78, 5) is 22.4. The number of unbranched alkanes of at least 4 members (excludes halogenated alkanes) is 1. The first kappa shape index (κ1) is 16.0. The van der Waals surface area contributed by atoms with Crippen molar-refractivity contribution in [2.24, 2.45) is 0 Å². The Hall–Kier alpha value is -2.47. The summed E-state index contributed by atoms with van der Waals surface area (Å²) in [7, 11) is 0. The number of benzene rings is 1. The Morgan fingerprint density at radius 1 is 1.32 bits per heavy atom. The van der Waals surface area contributed by atoms with Crippen LogP contribution in [0.1, 0.15) is 31.0 Å². The van der Waals surface area contributed by atoms with E-state index in [1.165, 1.54) is 10.5 Å². The average Bonchev–Trinajstić information content (AvgIpc) is 3.07. The summed E-state index contributed by atoms with van der Waals surface area (Å²) >= 11 is 0. The van der Waals surface area contributed by atoms with Crippen molar-refractivity contribution in [1.29, 1.82) is 0 Å². The van der Waals surface area contributed by atoms with Gasteiger partial charge in [0, 0.05) is 42.5 Å². The molecule has 0 unspecified atom stereocenters. The van der Waals surface area contributed by atoms with Gasteiger partial charge >= 0.3 is 5.69 Å². The molecule has 6 heteroatoms. The summed E-state index contributed by atoms with van der Waals surface area (Å²) in [5.41, 5.74) is 3.32. The van der Waals surface area contributed by atoms with Gasteiger partial charge in [-0.3, -0.25) is 9.30 Å². The fourth-order valence-electron chi connectivity index (χ4n) is 3.47. The first-order valence-corrected chi connectivity index (χ1v) is 8.77. The zero-order chi connectivity index (χ0) is 17.4. The number of fused-ring (bicyclic) bond motifs is 3. The molecule has 25 heavy (non-hydrogen) atoms. The van der Waals surface area contributed by atoms with Crippen molar-refractivity contribution >= 4 is 5.65 Å². The fraction of sp³-hybridized carbons (Fsp3) is 0.368. The number of halogens is 1. The second kappa shape index (κ2) is 6.44. The van der Waals surface area contributed by atoms with Gasteiger partial charge in [0.1, 0.15) is 11.5 Å². The Kier molecular flexibility index (Phi) is 4.13. The van der Waals surface area contributed by atoms with Gasteiger partial charge in [-0.05, 0) is 25.1 Å². The van der Waals surface area contributed by atoms with E-state index < -0.39 is 0 Å². The first-order chi connectivity index (χ1) is 12.2. The molecule has 0 spiro atoms. The zero-order valence-electron chi connectivity index (χ0n) is 14.3. The smallest absolute Gasteiger partial charge is 0.310 e. The molecule has 1 aliphatic rings. The van der Waals surface area contributed by atoms with Crippen LogP contribution in [0, 0.1) is 5.82 Å². The number of imidazole rings is 1. The average molecular weight is 340 g/mol. The predicted molar refractivity (Wildman–Crippen MR) is 95.1 cm³/mol. The van der Waals surface area contributed by atoms with Crippen molar-refractivity contribution in [2.75, 3.05) is 13.1 Å². The first-order valence-electron chi connectivity index (χ1n) is 8.77. The van der Waals surface area contributed by atoms with Crippen LogP contribution in [0.25, 0.3) is 16.9 Å². The number of hydrogen-bond acceptors (Lipinski definition) is 3. The van der Waals surface area contributed by atoms with Crippen molar-refractivity contribution < 1.29 is 4.39 Å². The molecule has 0 saturated carbocycles. The summed E-state index contributed by atoms with van der Waals surface area (Å²) in [6.07, 6.45) is 4.75. The Bertz CT molecular complexity index is 975. The van der Waals surface area contributed by atoms with Gasteiger partial charge in [0.15, 0.2) is 0 Å². The largest absolute Gasteiger partial charge is 0.331 e. The summed E-state index contributed by atoms with van der Waals surface area (Å²) in [5.74, 6) is -0.333. The van der Waals surface area contributed by atoms with Crippen molar-refractivity contribution in [3.05, 3.63) is 58.0 Å². The fourth-order valence-corrected chi connectivity index (χ4v) is 3.47. The minimum absolute atomic E-state index is 0.217. The van der Waals surface area contributed by atoms with E-state index in [9.17, 15) is 9.18 Å². The molecule has 5 nitrogen and oxygen atoms in total. The number of hydrogen-bond donors (Lipinski definition) is 1. The number of aromatic nitrogens is 3. The minimum atomic E-state index is -0.333. The van der Waals surface area contributed by atoms with Gasteiger partial charge in [0.2, 0.25) is 0 Å². The topological polar surface area (TPSA) is 53.4 Å². The minimum Gasteiger partial charge on any atom is -0.310 e. The molecule has 1 aliphatic heterocycles. The third-order valence-corrected chi connectivity index (χ3v) is 4.85. The second-order valence-corrected chi connectivity index (χ2v) is 6.57. The summed E-state index contributed by atoms with van der Waals surface area (Å²) in [6.45, 7) is 4.94. The third kappa shape index (κ3) is 2.87. The number of rotatable bonds is 4. The molecule has 0 aliphatic carbocycles. The van der Waals surface area contributed by atoms with Crippen LogP contribution in [0.2, 0.25) is 0 Å². The van der Waals surface area contributed by atoms with E-state index in [4.69, 9.17) is 0 Å². The van der Waals surface area contributed by atoms with Gasteiger partial charge in [0.25, 0.3) is 0 Å². The highest BCUT2D eigenvalue weighted by Gasteiger charge is 2.22. The molecule has 0 fully saturated rings. The van der Waals surface area contributed by atoms with E-state index in [-0.39, 0.29) is 11.5 Å². The Labute approximate surface area is 145 Å². The zero-order valence-corrected chi connectivity index (χ0v) is 14.3. The predicted octanol–water partition coefficient (Wildman–Crippen LogP) is 2.99. The normalized spacial score (nSPS) is 14.8. The van der Waals surface area contributed by atoms with E-state index in [0.717, 1.165) is 50.2 Å². The second-order valence-electron chi connectivity index (χ2n) is 6.57. The molecule has 0 saturated heterocycles. The lowest BCUT2D eigenvalue weighted by Gasteiger charge is -2.28. The number of nitrogens with zero attached hydrogens (tertiary/aromatic N) is 3. The van der Waals surface area contributed by atoms with Gasteiger partial charge in [0.05, 0.1) is 5.69 Å². The van der Waals surface area contributed by atoms with E-state index in [1.54, 1.807) is 24.4 Å². The van der Waals surface area contributed by atoms with Crippen LogP contribution in [0.5, 0.6) is 0 Å². The van der Waals surface area contributed by atoms with Gasteiger partial charge in [-0.15, -0.1) is 0 Å². The van der Waals surface area contributed by atoms with Gasteiger partial charge in [-0.2, -0.15) is 0 Å². The van der Waals surface area contributed by atoms with Crippen LogP contribution in [0.3, 0.4) is 0 Å². The standard InChI is InChI=1S/C19H21FN4O/c1-2-3-9-23-10-8-16-14(11-23)18-21-17(12-24(18)19(25)22-16)13-6-4-5-7-15(13)20/h4-7,12H,2-3,8-11H2,1H3,(H,22,25). The molecule has 1 N–H and O–H groups in total. The lowest BCUT2D eigenvalue weighted by molar-refractivity contribution is 0.248. The number of aromatic amines is 1. The van der Waals surface area contributed by atoms with Gasteiger partial charge < -0.3 is 4.98 Å². The van der Waals surface area contributed by atoms with Crippen LogP contribution in [-0.4, -0.2) is 32.4 Å². The highest BCUT2D eigenvalue weighted by molar-refractivity contribution is 5.65. The number of nitrogens with one attached hydrogen (secondary N) is 1. The maximum atomic E-state index is 14.1. The highest BCUT2D eigenvalue weighted by Crippen LogP contribution is 2.25. The van der Waals surface area contributed by atoms with E-state index >= 15 is 0 Å². The van der Waals surface area contributed by atoms with Crippen molar-refractivity contribution in [3.63, 3.8) is 0 Å². The molecular formula is C19H21FN4O. The quantitative estimate of drug-likeness (QED) is 0.794. The molecule has 1 aromatic carbocycles. The van der Waals surface area contributed by atoms with Crippen molar-refractivity contribution in [2.45, 2.75) is 32.7 Å². The van der Waals surface area contributed by atoms with E-state index in [1.807, 2.05) is 0 Å². The van der Waals surface area contributed by atoms with Crippen LogP contribution >= 0.6 is 0 Å². The van der Waals surface area contributed by atoms with Gasteiger partial charge in [-0.1, -0.05) is 25.5 Å². The molecule has 2 aromatic heterocycles. The molecule has 3 aromatic rings. The van der Waals surface area contributed by atoms with Crippen LogP contribution in [0.4, 0.5) is 4.39 Å². The van der Waals surface area contributed by atoms with Crippen LogP contribution in [0.15, 0.2) is 35.3 Å². The Balaban J connectivity index is 1.81. The Morgan fingerprint density at radius 3 is 2.96 bits per heavy atom. The monoisotopic (exact) mass is 340 g/mol. The lowest BCUT2D eigenvalue weighted by atomic mass is 10.1. The van der Waals surface area contributed by atoms with Crippen LogP contribution < -0.4 is 5.69 Å².